The van der Waals surface area contributed by atoms with Crippen LogP contribution >= 0.6 is 0 Å². The summed E-state index contributed by atoms with van der Waals surface area (Å²) in [6.45, 7) is 1.49. The fourth-order valence-corrected chi connectivity index (χ4v) is 2.38. The molecule has 0 saturated carbocycles. The van der Waals surface area contributed by atoms with Crippen LogP contribution in [0.3, 0.4) is 0 Å². The zero-order valence-corrected chi connectivity index (χ0v) is 14.2. The molecule has 0 aromatic heterocycles. The van der Waals surface area contributed by atoms with Crippen LogP contribution in [0.25, 0.3) is 0 Å². The predicted octanol–water partition coefficient (Wildman–Crippen LogP) is 2.29. The average Bonchev–Trinajstić information content (AvgIpc) is 2.62. The van der Waals surface area contributed by atoms with Crippen LogP contribution in [0.4, 0.5) is 5.69 Å². The summed E-state index contributed by atoms with van der Waals surface area (Å²) in [5.74, 6) is -2.56. The Morgan fingerprint density at radius 1 is 1.00 bits per heavy atom. The Labute approximate surface area is 149 Å². The Kier molecular flexibility index (Phi) is 6.05. The van der Waals surface area contributed by atoms with Gasteiger partial charge in [0, 0.05) is 18.3 Å². The number of anilines is 1. The first-order valence-electron chi connectivity index (χ1n) is 7.64. The fourth-order valence-electron chi connectivity index (χ4n) is 2.38. The van der Waals surface area contributed by atoms with Crippen molar-refractivity contribution in [3.05, 3.63) is 64.2 Å². The number of aromatic carboxylic acids is 1. The van der Waals surface area contributed by atoms with Crippen molar-refractivity contribution < 1.29 is 29.6 Å². The number of rotatable bonds is 6. The van der Waals surface area contributed by atoms with E-state index in [0.717, 1.165) is 11.6 Å². The molecular formula is C18H18N2O6. The highest BCUT2D eigenvalue weighted by atomic mass is 17.1. The lowest BCUT2D eigenvalue weighted by molar-refractivity contribution is -0.253. The zero-order valence-electron chi connectivity index (χ0n) is 14.2. The van der Waals surface area contributed by atoms with Crippen molar-refractivity contribution in [3.8, 4) is 0 Å². The van der Waals surface area contributed by atoms with Crippen LogP contribution in [0, 0.1) is 6.92 Å². The number of aryl methyl sites for hydroxylation is 1. The Hall–Kier alpha value is -3.23. The highest BCUT2D eigenvalue weighted by Gasteiger charge is 2.22. The zero-order chi connectivity index (χ0) is 19.3. The molecule has 2 amide bonds. The molecule has 136 valence electrons. The van der Waals surface area contributed by atoms with Gasteiger partial charge < -0.3 is 15.7 Å². The van der Waals surface area contributed by atoms with Crippen LogP contribution < -0.4 is 10.6 Å². The third-order valence-corrected chi connectivity index (χ3v) is 3.72. The van der Waals surface area contributed by atoms with E-state index in [1.54, 1.807) is 24.3 Å². The average molecular weight is 358 g/mol. The summed E-state index contributed by atoms with van der Waals surface area (Å²) in [5.41, 5.74) is 1.16. The molecule has 0 atom stereocenters. The van der Waals surface area contributed by atoms with Crippen molar-refractivity contribution in [3.63, 3.8) is 0 Å². The lowest BCUT2D eigenvalue weighted by atomic mass is 9.97. The molecule has 0 unspecified atom stereocenters. The normalized spacial score (nSPS) is 10.3. The minimum absolute atomic E-state index is 0.0283. The largest absolute Gasteiger partial charge is 0.478 e. The molecule has 0 aliphatic rings. The lowest BCUT2D eigenvalue weighted by Crippen LogP contribution is -2.23. The summed E-state index contributed by atoms with van der Waals surface area (Å²) in [5, 5.41) is 23.1. The summed E-state index contributed by atoms with van der Waals surface area (Å²) in [4.78, 5) is 40.2. The molecule has 2 aromatic carbocycles. The van der Waals surface area contributed by atoms with Crippen molar-refractivity contribution in [2.24, 2.45) is 0 Å². The predicted molar refractivity (Wildman–Crippen MR) is 93.3 cm³/mol. The van der Waals surface area contributed by atoms with Gasteiger partial charge in [0.25, 0.3) is 11.8 Å². The standard InChI is InChI=1S/C18H18N2O6/c1-10-3-5-12(6-4-10)20-17(22)14-8-13(16(21)19-2)11(9-26-25)7-15(14)18(23)24/h3-8,25H,9H2,1-2H3,(H,19,21)(H,20,22)(H,23,24). The molecule has 8 nitrogen and oxygen atoms in total. The molecular weight excluding hydrogens is 340 g/mol. The molecule has 0 radical (unpaired) electrons. The van der Waals surface area contributed by atoms with Crippen LogP contribution in [0.15, 0.2) is 36.4 Å². The van der Waals surface area contributed by atoms with Crippen molar-refractivity contribution in [1.29, 1.82) is 0 Å². The van der Waals surface area contributed by atoms with Gasteiger partial charge in [-0.2, -0.15) is 0 Å². The van der Waals surface area contributed by atoms with Crippen molar-refractivity contribution in [2.75, 3.05) is 12.4 Å². The molecule has 0 fully saturated rings. The third-order valence-electron chi connectivity index (χ3n) is 3.72. The SMILES string of the molecule is CNC(=O)c1cc(C(=O)Nc2ccc(C)cc2)c(C(=O)O)cc1COO. The van der Waals surface area contributed by atoms with Gasteiger partial charge in [0.2, 0.25) is 0 Å². The van der Waals surface area contributed by atoms with Gasteiger partial charge in [-0.15, -0.1) is 0 Å². The topological polar surface area (TPSA) is 125 Å². The Bertz CT molecular complexity index is 846. The molecule has 8 heteroatoms. The van der Waals surface area contributed by atoms with Crippen LogP contribution in [0.1, 0.15) is 42.2 Å². The van der Waals surface area contributed by atoms with E-state index < -0.39 is 24.4 Å². The molecule has 0 heterocycles. The van der Waals surface area contributed by atoms with Gasteiger partial charge in [0.1, 0.15) is 6.61 Å². The highest BCUT2D eigenvalue weighted by molar-refractivity contribution is 6.12. The van der Waals surface area contributed by atoms with Gasteiger partial charge in [0.05, 0.1) is 11.1 Å². The number of nitrogens with one attached hydrogen (secondary N) is 2. The van der Waals surface area contributed by atoms with E-state index in [2.05, 4.69) is 15.5 Å². The van der Waals surface area contributed by atoms with E-state index in [1.807, 2.05) is 6.92 Å². The molecule has 0 aliphatic carbocycles. The maximum absolute atomic E-state index is 12.6. The first-order valence-corrected chi connectivity index (χ1v) is 7.64. The van der Waals surface area contributed by atoms with Gasteiger partial charge >= 0.3 is 5.97 Å². The van der Waals surface area contributed by atoms with E-state index in [0.29, 0.717) is 5.69 Å². The van der Waals surface area contributed by atoms with Gasteiger partial charge in [-0.1, -0.05) is 17.7 Å². The minimum atomic E-state index is -1.35. The number of hydrogen-bond donors (Lipinski definition) is 4. The maximum atomic E-state index is 12.6. The maximum Gasteiger partial charge on any atom is 0.336 e. The lowest BCUT2D eigenvalue weighted by Gasteiger charge is -2.13. The van der Waals surface area contributed by atoms with Crippen molar-refractivity contribution >= 4 is 23.5 Å². The second-order valence-corrected chi connectivity index (χ2v) is 5.53. The van der Waals surface area contributed by atoms with E-state index in [9.17, 15) is 19.5 Å². The van der Waals surface area contributed by atoms with Crippen molar-refractivity contribution in [1.82, 2.24) is 5.32 Å². The number of carboxylic acids is 1. The van der Waals surface area contributed by atoms with E-state index in [-0.39, 0.29) is 22.3 Å². The second-order valence-electron chi connectivity index (χ2n) is 5.53. The fraction of sp³-hybridized carbons (Fsp3) is 0.167. The Morgan fingerprint density at radius 3 is 2.19 bits per heavy atom. The van der Waals surface area contributed by atoms with Gasteiger partial charge in [0.15, 0.2) is 0 Å². The highest BCUT2D eigenvalue weighted by Crippen LogP contribution is 2.21. The third kappa shape index (κ3) is 4.24. The van der Waals surface area contributed by atoms with Gasteiger partial charge in [-0.3, -0.25) is 14.8 Å². The smallest absolute Gasteiger partial charge is 0.336 e. The number of carbonyl (C=O) groups is 3. The molecule has 0 saturated heterocycles. The summed E-state index contributed by atoms with van der Waals surface area (Å²) in [6, 6.07) is 9.26. The molecule has 0 bridgehead atoms. The second kappa shape index (κ2) is 8.24. The molecule has 0 aliphatic heterocycles. The quantitative estimate of drug-likeness (QED) is 0.464. The van der Waals surface area contributed by atoms with Gasteiger partial charge in [-0.25, -0.2) is 9.68 Å². The van der Waals surface area contributed by atoms with Crippen molar-refractivity contribution in [2.45, 2.75) is 13.5 Å². The summed E-state index contributed by atoms with van der Waals surface area (Å²) >= 11 is 0. The molecule has 2 rings (SSSR count). The number of hydrogen-bond acceptors (Lipinski definition) is 5. The Morgan fingerprint density at radius 2 is 1.65 bits per heavy atom. The summed E-state index contributed by atoms with van der Waals surface area (Å²) in [7, 11) is 1.39. The van der Waals surface area contributed by atoms with Crippen LogP contribution in [0.2, 0.25) is 0 Å². The minimum Gasteiger partial charge on any atom is -0.478 e. The van der Waals surface area contributed by atoms with E-state index in [4.69, 9.17) is 5.26 Å². The van der Waals surface area contributed by atoms with Crippen LogP contribution in [-0.4, -0.2) is 35.2 Å². The van der Waals surface area contributed by atoms with E-state index in [1.165, 1.54) is 13.1 Å². The van der Waals surface area contributed by atoms with Crippen LogP contribution in [0.5, 0.6) is 0 Å². The van der Waals surface area contributed by atoms with Gasteiger partial charge in [-0.05, 0) is 36.8 Å². The van der Waals surface area contributed by atoms with Crippen LogP contribution in [-0.2, 0) is 11.5 Å². The first kappa shape index (κ1) is 19.1. The summed E-state index contributed by atoms with van der Waals surface area (Å²) in [6.07, 6.45) is 0. The first-order chi connectivity index (χ1) is 12.4. The molecule has 2 aromatic rings. The monoisotopic (exact) mass is 358 g/mol. The number of carbonyl (C=O) groups excluding carboxylic acids is 2. The van der Waals surface area contributed by atoms with E-state index >= 15 is 0 Å². The number of carboxylic acid groups (broad SMARTS) is 1. The number of benzene rings is 2. The molecule has 4 N–H and O–H groups in total. The summed E-state index contributed by atoms with van der Waals surface area (Å²) < 4.78 is 0. The molecule has 0 spiro atoms. The Balaban J connectivity index is 2.50. The number of amides is 2. The molecule has 26 heavy (non-hydrogen) atoms.